The molecule has 0 unspecified atom stereocenters. The van der Waals surface area contributed by atoms with Crippen molar-refractivity contribution in [1.82, 2.24) is 9.80 Å². The van der Waals surface area contributed by atoms with E-state index >= 15 is 0 Å². The molecule has 2 saturated heterocycles. The smallest absolute Gasteiger partial charge is 0.269 e. The number of nitrogens with zero attached hydrogens (tertiary/aromatic N) is 3. The summed E-state index contributed by atoms with van der Waals surface area (Å²) in [6.45, 7) is 3.62. The summed E-state index contributed by atoms with van der Waals surface area (Å²) in [5.41, 5.74) is 1.04. The van der Waals surface area contributed by atoms with Crippen molar-refractivity contribution in [3.05, 3.63) is 50.5 Å². The van der Waals surface area contributed by atoms with E-state index in [0.29, 0.717) is 42.5 Å². The lowest BCUT2D eigenvalue weighted by atomic mass is 9.92. The van der Waals surface area contributed by atoms with Crippen LogP contribution in [0.25, 0.3) is 0 Å². The Bertz CT molecular complexity index is 1010. The van der Waals surface area contributed by atoms with Crippen molar-refractivity contribution < 1.29 is 29.1 Å². The zero-order chi connectivity index (χ0) is 23.7. The monoisotopic (exact) mass is 493 g/mol. The zero-order valence-electron chi connectivity index (χ0n) is 17.8. The van der Waals surface area contributed by atoms with Gasteiger partial charge in [0.05, 0.1) is 36.6 Å². The maximum absolute atomic E-state index is 12.9. The number of ether oxygens (including phenoxy) is 2. The number of aliphatic hydroxyl groups is 1. The molecule has 3 aliphatic rings. The van der Waals surface area contributed by atoms with E-state index in [4.69, 9.17) is 21.7 Å². The number of morpholine rings is 1. The fourth-order valence-electron chi connectivity index (χ4n) is 3.96. The molecule has 1 aromatic rings. The average Bonchev–Trinajstić information content (AvgIpc) is 3.11. The van der Waals surface area contributed by atoms with Gasteiger partial charge in [-0.2, -0.15) is 0 Å². The molecule has 4 rings (SSSR count). The van der Waals surface area contributed by atoms with Gasteiger partial charge in [-0.15, -0.1) is 11.8 Å². The van der Waals surface area contributed by atoms with Crippen LogP contribution in [0.1, 0.15) is 18.9 Å². The first-order chi connectivity index (χ1) is 15.8. The van der Waals surface area contributed by atoms with Crippen LogP contribution in [0.5, 0.6) is 0 Å². The molecule has 0 bridgehead atoms. The molecule has 1 aromatic carbocycles. The molecular weight excluding hydrogens is 470 g/mol. The van der Waals surface area contributed by atoms with Crippen molar-refractivity contribution in [1.29, 1.82) is 0 Å². The van der Waals surface area contributed by atoms with Gasteiger partial charge in [-0.05, 0) is 36.8 Å². The quantitative estimate of drug-likeness (QED) is 0.262. The molecule has 33 heavy (non-hydrogen) atoms. The van der Waals surface area contributed by atoms with Crippen molar-refractivity contribution in [2.45, 2.75) is 31.4 Å². The summed E-state index contributed by atoms with van der Waals surface area (Å²) in [5, 5.41) is 20.6. The molecule has 3 aliphatic heterocycles. The van der Waals surface area contributed by atoms with Gasteiger partial charge < -0.3 is 19.5 Å². The Hall–Kier alpha value is -2.54. The van der Waals surface area contributed by atoms with Crippen molar-refractivity contribution in [2.75, 3.05) is 26.3 Å². The maximum Gasteiger partial charge on any atom is 0.269 e. The zero-order valence-corrected chi connectivity index (χ0v) is 19.5. The molecule has 12 heteroatoms. The van der Waals surface area contributed by atoms with Gasteiger partial charge in [0, 0.05) is 30.1 Å². The molecule has 0 radical (unpaired) electrons. The molecule has 176 valence electrons. The van der Waals surface area contributed by atoms with Gasteiger partial charge in [0.25, 0.3) is 5.69 Å². The Morgan fingerprint density at radius 1 is 1.36 bits per heavy atom. The second kappa shape index (κ2) is 9.75. The molecule has 3 heterocycles. The third kappa shape index (κ3) is 4.74. The molecule has 2 fully saturated rings. The number of carbonyl (C=O) groups is 2. The number of aliphatic hydroxyl groups excluding tert-OH is 1. The minimum absolute atomic E-state index is 0.0293. The van der Waals surface area contributed by atoms with Gasteiger partial charge in [-0.25, -0.2) is 0 Å². The summed E-state index contributed by atoms with van der Waals surface area (Å²) in [5.74, 6) is -0.911. The largest absolute Gasteiger partial charge is 0.477 e. The van der Waals surface area contributed by atoms with Gasteiger partial charge >= 0.3 is 0 Å². The molecule has 0 saturated carbocycles. The van der Waals surface area contributed by atoms with Crippen molar-refractivity contribution in [2.24, 2.45) is 5.92 Å². The number of thioether (sulfide) groups is 1. The Labute approximate surface area is 199 Å². The van der Waals surface area contributed by atoms with Crippen molar-refractivity contribution in [3.63, 3.8) is 0 Å². The van der Waals surface area contributed by atoms with Crippen LogP contribution in [0.4, 0.5) is 5.69 Å². The number of benzene rings is 1. The van der Waals surface area contributed by atoms with Gasteiger partial charge in [0.1, 0.15) is 17.7 Å². The average molecular weight is 494 g/mol. The highest BCUT2D eigenvalue weighted by molar-refractivity contribution is 8.04. The Kier molecular flexibility index (Phi) is 6.98. The van der Waals surface area contributed by atoms with Gasteiger partial charge in [-0.3, -0.25) is 24.6 Å². The summed E-state index contributed by atoms with van der Waals surface area (Å²) in [7, 11) is 0. The van der Waals surface area contributed by atoms with E-state index in [1.807, 2.05) is 0 Å². The van der Waals surface area contributed by atoms with Crippen LogP contribution < -0.4 is 0 Å². The van der Waals surface area contributed by atoms with Crippen LogP contribution in [0.3, 0.4) is 0 Å². The van der Waals surface area contributed by atoms with Crippen LogP contribution in [0.15, 0.2) is 34.9 Å². The van der Waals surface area contributed by atoms with Crippen LogP contribution >= 0.6 is 24.0 Å². The molecule has 10 nitrogen and oxygen atoms in total. The number of carbonyl (C=O) groups excluding carboxylic acids is 2. The number of β-lactam (4-membered cyclic amide) rings is 1. The number of fused-ring (bicyclic) bond motifs is 1. The van der Waals surface area contributed by atoms with Crippen LogP contribution in [0.2, 0.25) is 0 Å². The van der Waals surface area contributed by atoms with Crippen LogP contribution in [-0.4, -0.2) is 74.5 Å². The number of nitro benzene ring substituents is 1. The molecule has 0 aromatic heterocycles. The van der Waals surface area contributed by atoms with E-state index in [-0.39, 0.29) is 41.0 Å². The molecule has 0 spiro atoms. The van der Waals surface area contributed by atoms with E-state index in [1.54, 1.807) is 24.0 Å². The second-order valence-electron chi connectivity index (χ2n) is 7.92. The number of hydrogen-bond acceptors (Lipinski definition) is 9. The number of thiocarbonyl (C=S) groups is 1. The number of amides is 2. The third-order valence-corrected chi connectivity index (χ3v) is 7.44. The second-order valence-corrected chi connectivity index (χ2v) is 9.51. The highest BCUT2D eigenvalue weighted by Crippen LogP contribution is 2.51. The highest BCUT2D eigenvalue weighted by atomic mass is 32.2. The molecule has 3 atom stereocenters. The molecule has 2 amide bonds. The minimum atomic E-state index is -0.823. The lowest BCUT2D eigenvalue weighted by molar-refractivity contribution is -0.384. The molecule has 1 N–H and O–H groups in total. The van der Waals surface area contributed by atoms with E-state index in [0.717, 1.165) is 0 Å². The fourth-order valence-corrected chi connectivity index (χ4v) is 5.91. The number of non-ortho nitro benzene ring substituents is 1. The Balaban J connectivity index is 1.50. The SMILES string of the molecule is C[C@H](O)[C@@H]1C(=O)N2C(C(=S)OCc3ccc([N+](=O)[O-])cc3)=C(CC(=O)N3CCOCC3)S[C@H]12. The standard InChI is InChI=1S/C21H23N3O7S2/c1-12(25)17-19(27)23-18(21(32)31-11-13-2-4-14(5-3-13)24(28)29)15(33-20(17)23)10-16(26)22-6-8-30-9-7-22/h2-5,12,17,20,25H,6-11H2,1H3/t12-,17+,20+/m0/s1. The lowest BCUT2D eigenvalue weighted by Crippen LogP contribution is -2.60. The molecule has 0 aliphatic carbocycles. The Morgan fingerprint density at radius 2 is 2.03 bits per heavy atom. The van der Waals surface area contributed by atoms with Crippen molar-refractivity contribution in [3.8, 4) is 0 Å². The lowest BCUT2D eigenvalue weighted by Gasteiger charge is -2.44. The number of hydrogen-bond donors (Lipinski definition) is 1. The summed E-state index contributed by atoms with van der Waals surface area (Å²) in [6.07, 6.45) is -0.746. The molecular formula is C21H23N3O7S2. The predicted molar refractivity (Wildman–Crippen MR) is 123 cm³/mol. The first-order valence-corrected chi connectivity index (χ1v) is 11.7. The minimum Gasteiger partial charge on any atom is -0.477 e. The number of nitro groups is 1. The fraction of sp³-hybridized carbons (Fsp3) is 0.476. The summed E-state index contributed by atoms with van der Waals surface area (Å²) in [4.78, 5) is 39.8. The number of rotatable bonds is 7. The van der Waals surface area contributed by atoms with E-state index in [9.17, 15) is 24.8 Å². The predicted octanol–water partition coefficient (Wildman–Crippen LogP) is 1.81. The first-order valence-electron chi connectivity index (χ1n) is 10.4. The van der Waals surface area contributed by atoms with Gasteiger partial charge in [-0.1, -0.05) is 0 Å². The Morgan fingerprint density at radius 3 is 2.64 bits per heavy atom. The third-order valence-electron chi connectivity index (χ3n) is 5.76. The summed E-state index contributed by atoms with van der Waals surface area (Å²) >= 11 is 6.84. The first kappa shape index (κ1) is 23.6. The van der Waals surface area contributed by atoms with Gasteiger partial charge in [0.15, 0.2) is 0 Å². The van der Waals surface area contributed by atoms with E-state index < -0.39 is 16.9 Å². The summed E-state index contributed by atoms with van der Waals surface area (Å²) in [6, 6.07) is 5.90. The van der Waals surface area contributed by atoms with E-state index in [2.05, 4.69) is 0 Å². The highest BCUT2D eigenvalue weighted by Gasteiger charge is 2.57. The topological polar surface area (TPSA) is 122 Å². The van der Waals surface area contributed by atoms with Crippen molar-refractivity contribution >= 4 is 46.5 Å². The van der Waals surface area contributed by atoms with Crippen LogP contribution in [-0.2, 0) is 25.7 Å². The summed E-state index contributed by atoms with van der Waals surface area (Å²) < 4.78 is 11.1. The van der Waals surface area contributed by atoms with Gasteiger partial charge in [0.2, 0.25) is 16.9 Å². The normalized spacial score (nSPS) is 23.2. The maximum atomic E-state index is 12.9. The van der Waals surface area contributed by atoms with E-state index in [1.165, 1.54) is 28.8 Å². The van der Waals surface area contributed by atoms with Crippen LogP contribution in [0, 0.1) is 16.0 Å².